The molecule has 0 aliphatic carbocycles. The van der Waals surface area contributed by atoms with Gasteiger partial charge in [0.15, 0.2) is 0 Å². The van der Waals surface area contributed by atoms with E-state index in [2.05, 4.69) is 86.8 Å². The first-order valence-corrected chi connectivity index (χ1v) is 30.8. The van der Waals surface area contributed by atoms with Crippen LogP contribution in [0.2, 0.25) is 0 Å². The van der Waals surface area contributed by atoms with Gasteiger partial charge in [-0.25, -0.2) is 4.57 Å². The lowest BCUT2D eigenvalue weighted by molar-refractivity contribution is -0.870. The number of hydrogen-bond acceptors (Lipinski definition) is 6. The molecule has 0 saturated heterocycles. The minimum Gasteiger partial charge on any atom is -0.456 e. The van der Waals surface area contributed by atoms with Crippen LogP contribution in [0.25, 0.3) is 0 Å². The number of amides is 1. The van der Waals surface area contributed by atoms with E-state index in [9.17, 15) is 19.0 Å². The van der Waals surface area contributed by atoms with Gasteiger partial charge in [0.2, 0.25) is 5.91 Å². The summed E-state index contributed by atoms with van der Waals surface area (Å²) >= 11 is 0. The molecule has 0 aliphatic rings. The predicted octanol–water partition coefficient (Wildman–Crippen LogP) is 17.7. The van der Waals surface area contributed by atoms with E-state index in [-0.39, 0.29) is 37.9 Å². The number of carbonyl (C=O) groups excluding carboxylic acids is 2. The lowest BCUT2D eigenvalue weighted by atomic mass is 10.0. The van der Waals surface area contributed by atoms with Crippen molar-refractivity contribution < 1.29 is 37.3 Å². The van der Waals surface area contributed by atoms with Crippen LogP contribution >= 0.6 is 7.82 Å². The standard InChI is InChI=1S/C61H111N2O7P/c1-7-10-13-16-19-22-25-27-29-31-33-35-38-41-44-47-50-53-60(64)62-58(57-69-71(66,67)68-56-55-63(4,5)6)59(52-49-46-43-40-37-24-21-18-15-12-9-3)70-61(65)54-51-48-45-42-39-36-34-32-30-28-26-23-20-17-14-11-8-2/h10,13,19,22,27,29,33,35,41,44,49,52,58-59H,7-9,11-12,14-18,20-21,23-26,28,30-32,34,36-40,42-43,45-48,50-51,53-57H2,1-6H3,(H-,62,64,66,67)/p+1/b13-10-,22-19-,29-27-,35-33-,44-41-,52-49+. The maximum atomic E-state index is 13.5. The van der Waals surface area contributed by atoms with E-state index < -0.39 is 20.0 Å². The van der Waals surface area contributed by atoms with Gasteiger partial charge in [0.1, 0.15) is 19.3 Å². The molecule has 0 rings (SSSR count). The summed E-state index contributed by atoms with van der Waals surface area (Å²) in [5, 5.41) is 3.01. The van der Waals surface area contributed by atoms with Crippen LogP contribution < -0.4 is 5.32 Å². The molecular formula is C61H112N2O7P+. The van der Waals surface area contributed by atoms with Gasteiger partial charge in [0.25, 0.3) is 0 Å². The summed E-state index contributed by atoms with van der Waals surface area (Å²) in [6.07, 6.45) is 64.8. The van der Waals surface area contributed by atoms with Crippen LogP contribution in [0.5, 0.6) is 0 Å². The number of rotatable bonds is 52. The molecule has 10 heteroatoms. The molecule has 0 aromatic rings. The number of ether oxygens (including phenoxy) is 1. The topological polar surface area (TPSA) is 111 Å². The molecule has 71 heavy (non-hydrogen) atoms. The first kappa shape index (κ1) is 68.5. The van der Waals surface area contributed by atoms with Gasteiger partial charge in [-0.3, -0.25) is 18.6 Å². The van der Waals surface area contributed by atoms with Crippen molar-refractivity contribution in [2.75, 3.05) is 40.9 Å². The molecule has 2 N–H and O–H groups in total. The van der Waals surface area contributed by atoms with E-state index in [0.717, 1.165) is 77.0 Å². The quantitative estimate of drug-likeness (QED) is 0.0205. The van der Waals surface area contributed by atoms with Crippen LogP contribution in [0.15, 0.2) is 72.9 Å². The predicted molar refractivity (Wildman–Crippen MR) is 305 cm³/mol. The number of phosphoric acid groups is 1. The highest BCUT2D eigenvalue weighted by Gasteiger charge is 2.30. The summed E-state index contributed by atoms with van der Waals surface area (Å²) in [7, 11) is 1.46. The number of unbranched alkanes of at least 4 members (excludes halogenated alkanes) is 26. The fraction of sp³-hybridized carbons (Fsp3) is 0.770. The Hall–Kier alpha value is -2.55. The van der Waals surface area contributed by atoms with Crippen molar-refractivity contribution in [1.82, 2.24) is 5.32 Å². The van der Waals surface area contributed by atoms with E-state index >= 15 is 0 Å². The zero-order chi connectivity index (χ0) is 52.2. The number of hydrogen-bond donors (Lipinski definition) is 2. The van der Waals surface area contributed by atoms with Crippen LogP contribution in [0, 0.1) is 0 Å². The number of nitrogens with one attached hydrogen (secondary N) is 1. The van der Waals surface area contributed by atoms with Gasteiger partial charge < -0.3 is 19.4 Å². The van der Waals surface area contributed by atoms with Crippen molar-refractivity contribution in [3.05, 3.63) is 72.9 Å². The maximum Gasteiger partial charge on any atom is 0.472 e. The highest BCUT2D eigenvalue weighted by molar-refractivity contribution is 7.47. The minimum absolute atomic E-state index is 0.0283. The second-order valence-electron chi connectivity index (χ2n) is 20.8. The Balaban J connectivity index is 5.37. The van der Waals surface area contributed by atoms with Gasteiger partial charge in [0.05, 0.1) is 33.8 Å². The van der Waals surface area contributed by atoms with Gasteiger partial charge >= 0.3 is 13.8 Å². The summed E-state index contributed by atoms with van der Waals surface area (Å²) in [5.41, 5.74) is 0. The van der Waals surface area contributed by atoms with Crippen LogP contribution in [0.4, 0.5) is 0 Å². The van der Waals surface area contributed by atoms with Crippen LogP contribution in [0.1, 0.15) is 252 Å². The van der Waals surface area contributed by atoms with Gasteiger partial charge in [-0.05, 0) is 70.3 Å². The molecule has 412 valence electrons. The molecule has 0 aliphatic heterocycles. The van der Waals surface area contributed by atoms with Gasteiger partial charge in [0, 0.05) is 12.8 Å². The summed E-state index contributed by atoms with van der Waals surface area (Å²) in [4.78, 5) is 37.6. The zero-order valence-corrected chi connectivity index (χ0v) is 47.8. The number of allylic oxidation sites excluding steroid dienone is 11. The Labute approximate surface area is 438 Å². The molecule has 3 atom stereocenters. The third-order valence-electron chi connectivity index (χ3n) is 12.7. The third-order valence-corrected chi connectivity index (χ3v) is 13.6. The highest BCUT2D eigenvalue weighted by Crippen LogP contribution is 2.43. The second-order valence-corrected chi connectivity index (χ2v) is 22.2. The fourth-order valence-electron chi connectivity index (χ4n) is 8.15. The molecule has 0 bridgehead atoms. The second kappa shape index (κ2) is 51.0. The largest absolute Gasteiger partial charge is 0.472 e. The Morgan fingerprint density at radius 1 is 0.507 bits per heavy atom. The van der Waals surface area contributed by atoms with Crippen LogP contribution in [0.3, 0.4) is 0 Å². The zero-order valence-electron chi connectivity index (χ0n) is 47.0. The SMILES string of the molecule is CC/C=C\C/C=C\C/C=C\C/C=C\C/C=C\CCCC(=O)NC(COP(=O)(O)OCC[N+](C)(C)C)C(/C=C/CCCCCCCCCCC)OC(=O)CCCCCCCCCCCCCCCCCCC. The van der Waals surface area contributed by atoms with E-state index in [1.165, 1.54) is 135 Å². The van der Waals surface area contributed by atoms with Gasteiger partial charge in [-0.15, -0.1) is 0 Å². The number of nitrogens with zero attached hydrogens (tertiary/aromatic N) is 1. The average molecular weight is 1020 g/mol. The lowest BCUT2D eigenvalue weighted by Gasteiger charge is -2.27. The molecule has 0 radical (unpaired) electrons. The minimum atomic E-state index is -4.46. The van der Waals surface area contributed by atoms with Crippen molar-refractivity contribution in [2.24, 2.45) is 0 Å². The molecule has 0 heterocycles. The summed E-state index contributed by atoms with van der Waals surface area (Å²) in [6.45, 7) is 6.85. The summed E-state index contributed by atoms with van der Waals surface area (Å²) in [6, 6.07) is -0.877. The van der Waals surface area contributed by atoms with Crippen molar-refractivity contribution in [3.8, 4) is 0 Å². The van der Waals surface area contributed by atoms with Crippen molar-refractivity contribution >= 4 is 19.7 Å². The van der Waals surface area contributed by atoms with Crippen molar-refractivity contribution in [2.45, 2.75) is 264 Å². The molecular weight excluding hydrogens is 904 g/mol. The summed E-state index contributed by atoms with van der Waals surface area (Å²) < 4.78 is 30.6. The average Bonchev–Trinajstić information content (AvgIpc) is 3.33. The first-order chi connectivity index (χ1) is 34.4. The molecule has 1 amide bonds. The smallest absolute Gasteiger partial charge is 0.456 e. The van der Waals surface area contributed by atoms with E-state index in [0.29, 0.717) is 17.4 Å². The van der Waals surface area contributed by atoms with E-state index in [4.69, 9.17) is 13.8 Å². The number of likely N-dealkylation sites (N-methyl/N-ethyl adjacent to an activating group) is 1. The number of quaternary nitrogens is 1. The van der Waals surface area contributed by atoms with E-state index in [1.807, 2.05) is 33.3 Å². The number of phosphoric ester groups is 1. The van der Waals surface area contributed by atoms with Gasteiger partial charge in [-0.2, -0.15) is 0 Å². The monoisotopic (exact) mass is 1020 g/mol. The Morgan fingerprint density at radius 3 is 1.37 bits per heavy atom. The molecule has 9 nitrogen and oxygen atoms in total. The molecule has 0 fully saturated rings. The Bertz CT molecular complexity index is 1450. The highest BCUT2D eigenvalue weighted by atomic mass is 31.2. The van der Waals surface area contributed by atoms with E-state index in [1.54, 1.807) is 0 Å². The normalized spacial score (nSPS) is 14.3. The van der Waals surface area contributed by atoms with Crippen molar-refractivity contribution in [1.29, 1.82) is 0 Å². The molecule has 0 saturated carbocycles. The van der Waals surface area contributed by atoms with Crippen molar-refractivity contribution in [3.63, 3.8) is 0 Å². The van der Waals surface area contributed by atoms with Crippen LogP contribution in [-0.4, -0.2) is 74.3 Å². The summed E-state index contributed by atoms with van der Waals surface area (Å²) in [5.74, 6) is -0.570. The first-order valence-electron chi connectivity index (χ1n) is 29.3. The Morgan fingerprint density at radius 2 is 0.915 bits per heavy atom. The number of carbonyl (C=O) groups is 2. The fourth-order valence-corrected chi connectivity index (χ4v) is 8.89. The van der Waals surface area contributed by atoms with Gasteiger partial charge in [-0.1, -0.05) is 242 Å². The van der Waals surface area contributed by atoms with Crippen LogP contribution in [-0.2, 0) is 27.9 Å². The third kappa shape index (κ3) is 52.1. The molecule has 0 aromatic carbocycles. The number of esters is 1. The lowest BCUT2D eigenvalue weighted by Crippen LogP contribution is -2.47. The Kier molecular flexibility index (Phi) is 49.1. The molecule has 0 aromatic heterocycles. The molecule has 3 unspecified atom stereocenters. The molecule has 0 spiro atoms. The maximum absolute atomic E-state index is 13.5.